The van der Waals surface area contributed by atoms with Crippen LogP contribution in [0.1, 0.15) is 28.4 Å². The standard InChI is InChI=1S/C10H8FNO/c1-6-3-10(11)8(5-12)4-9(6)7(2)13/h3-4H,1-2H3. The zero-order valence-electron chi connectivity index (χ0n) is 7.39. The van der Waals surface area contributed by atoms with Gasteiger partial charge in [-0.3, -0.25) is 4.79 Å². The second-order valence-corrected chi connectivity index (χ2v) is 2.81. The van der Waals surface area contributed by atoms with Crippen molar-refractivity contribution in [3.63, 3.8) is 0 Å². The van der Waals surface area contributed by atoms with E-state index in [1.54, 1.807) is 13.0 Å². The van der Waals surface area contributed by atoms with Crippen molar-refractivity contribution in [2.75, 3.05) is 0 Å². The number of Topliss-reactive ketones (excluding diaryl/α,β-unsaturated/α-hetero) is 1. The van der Waals surface area contributed by atoms with E-state index in [1.807, 2.05) is 0 Å². The Kier molecular flexibility index (Phi) is 2.43. The van der Waals surface area contributed by atoms with E-state index in [4.69, 9.17) is 5.26 Å². The third-order valence-electron chi connectivity index (χ3n) is 1.81. The molecule has 0 saturated heterocycles. The SMILES string of the molecule is CC(=O)c1cc(C#N)c(F)cc1C. The summed E-state index contributed by atoms with van der Waals surface area (Å²) in [4.78, 5) is 11.0. The molecule has 1 rings (SSSR count). The molecule has 0 bridgehead atoms. The Bertz CT molecular complexity index is 404. The summed E-state index contributed by atoms with van der Waals surface area (Å²) in [5.41, 5.74) is 0.873. The fourth-order valence-corrected chi connectivity index (χ4v) is 1.14. The van der Waals surface area contributed by atoms with Gasteiger partial charge in [-0.2, -0.15) is 5.26 Å². The predicted molar refractivity (Wildman–Crippen MR) is 45.9 cm³/mol. The van der Waals surface area contributed by atoms with Crippen molar-refractivity contribution in [1.29, 1.82) is 5.26 Å². The topological polar surface area (TPSA) is 40.9 Å². The normalized spacial score (nSPS) is 9.38. The number of benzene rings is 1. The summed E-state index contributed by atoms with van der Waals surface area (Å²) in [5.74, 6) is -0.737. The molecule has 0 radical (unpaired) electrons. The number of carbonyl (C=O) groups is 1. The Morgan fingerprint density at radius 1 is 1.54 bits per heavy atom. The Morgan fingerprint density at radius 3 is 2.62 bits per heavy atom. The lowest BCUT2D eigenvalue weighted by molar-refractivity contribution is 0.101. The average Bonchev–Trinajstić information content (AvgIpc) is 2.03. The molecular formula is C10H8FNO. The van der Waals surface area contributed by atoms with Crippen LogP contribution in [-0.2, 0) is 0 Å². The van der Waals surface area contributed by atoms with Gasteiger partial charge in [-0.1, -0.05) is 0 Å². The first-order valence-electron chi connectivity index (χ1n) is 3.77. The van der Waals surface area contributed by atoms with E-state index in [0.29, 0.717) is 11.1 Å². The number of carbonyl (C=O) groups excluding carboxylic acids is 1. The summed E-state index contributed by atoms with van der Waals surface area (Å²) in [5, 5.41) is 8.51. The molecule has 0 N–H and O–H groups in total. The third-order valence-corrected chi connectivity index (χ3v) is 1.81. The molecule has 0 aliphatic rings. The van der Waals surface area contributed by atoms with Crippen LogP contribution >= 0.6 is 0 Å². The van der Waals surface area contributed by atoms with Gasteiger partial charge in [0.2, 0.25) is 0 Å². The van der Waals surface area contributed by atoms with E-state index < -0.39 is 5.82 Å². The highest BCUT2D eigenvalue weighted by Gasteiger charge is 2.09. The Morgan fingerprint density at radius 2 is 2.15 bits per heavy atom. The van der Waals surface area contributed by atoms with Gasteiger partial charge in [0.05, 0.1) is 5.56 Å². The van der Waals surface area contributed by atoms with Gasteiger partial charge in [0.15, 0.2) is 5.78 Å². The number of rotatable bonds is 1. The van der Waals surface area contributed by atoms with E-state index in [-0.39, 0.29) is 11.3 Å². The van der Waals surface area contributed by atoms with Crippen LogP contribution in [-0.4, -0.2) is 5.78 Å². The number of nitriles is 1. The molecule has 0 fully saturated rings. The quantitative estimate of drug-likeness (QED) is 0.617. The minimum atomic E-state index is -0.579. The molecule has 0 heterocycles. The second-order valence-electron chi connectivity index (χ2n) is 2.81. The molecule has 0 aromatic heterocycles. The van der Waals surface area contributed by atoms with E-state index in [0.717, 1.165) is 0 Å². The molecular weight excluding hydrogens is 169 g/mol. The van der Waals surface area contributed by atoms with Crippen molar-refractivity contribution in [2.45, 2.75) is 13.8 Å². The Labute approximate surface area is 75.6 Å². The van der Waals surface area contributed by atoms with Crippen molar-refractivity contribution in [3.05, 3.63) is 34.6 Å². The number of aryl methyl sites for hydroxylation is 1. The highest BCUT2D eigenvalue weighted by molar-refractivity contribution is 5.95. The number of nitrogens with zero attached hydrogens (tertiary/aromatic N) is 1. The molecule has 66 valence electrons. The monoisotopic (exact) mass is 177 g/mol. The molecule has 2 nitrogen and oxygen atoms in total. The van der Waals surface area contributed by atoms with Gasteiger partial charge < -0.3 is 0 Å². The van der Waals surface area contributed by atoms with Crippen molar-refractivity contribution < 1.29 is 9.18 Å². The molecule has 0 atom stereocenters. The van der Waals surface area contributed by atoms with Crippen molar-refractivity contribution >= 4 is 5.78 Å². The Hall–Kier alpha value is -1.69. The predicted octanol–water partition coefficient (Wildman–Crippen LogP) is 2.21. The summed E-state index contributed by atoms with van der Waals surface area (Å²) in [6.07, 6.45) is 0. The van der Waals surface area contributed by atoms with Crippen LogP contribution in [0.5, 0.6) is 0 Å². The van der Waals surface area contributed by atoms with Crippen molar-refractivity contribution in [2.24, 2.45) is 0 Å². The number of ketones is 1. The van der Waals surface area contributed by atoms with Crippen LogP contribution < -0.4 is 0 Å². The fraction of sp³-hybridized carbons (Fsp3) is 0.200. The van der Waals surface area contributed by atoms with E-state index in [2.05, 4.69) is 0 Å². The lowest BCUT2D eigenvalue weighted by Gasteiger charge is -2.02. The van der Waals surface area contributed by atoms with Gasteiger partial charge in [0, 0.05) is 5.56 Å². The number of hydrogen-bond donors (Lipinski definition) is 0. The summed E-state index contributed by atoms with van der Waals surface area (Å²) >= 11 is 0. The van der Waals surface area contributed by atoms with Crippen LogP contribution in [0.3, 0.4) is 0 Å². The first-order valence-corrected chi connectivity index (χ1v) is 3.77. The van der Waals surface area contributed by atoms with Crippen molar-refractivity contribution in [1.82, 2.24) is 0 Å². The summed E-state index contributed by atoms with van der Waals surface area (Å²) in [6.45, 7) is 3.03. The first-order chi connectivity index (χ1) is 6.06. The molecule has 0 aliphatic carbocycles. The van der Waals surface area contributed by atoms with Gasteiger partial charge in [-0.25, -0.2) is 4.39 Å². The zero-order chi connectivity index (χ0) is 10.0. The summed E-state index contributed by atoms with van der Waals surface area (Å²) in [7, 11) is 0. The molecule has 0 saturated carbocycles. The van der Waals surface area contributed by atoms with Crippen LogP contribution in [0, 0.1) is 24.1 Å². The molecule has 0 unspecified atom stereocenters. The third kappa shape index (κ3) is 1.73. The highest BCUT2D eigenvalue weighted by atomic mass is 19.1. The lowest BCUT2D eigenvalue weighted by Crippen LogP contribution is -1.98. The molecule has 0 spiro atoms. The van der Waals surface area contributed by atoms with Gasteiger partial charge in [0.1, 0.15) is 11.9 Å². The zero-order valence-corrected chi connectivity index (χ0v) is 7.39. The van der Waals surface area contributed by atoms with Crippen LogP contribution in [0.4, 0.5) is 4.39 Å². The molecule has 1 aromatic rings. The number of hydrogen-bond acceptors (Lipinski definition) is 2. The molecule has 0 aliphatic heterocycles. The van der Waals surface area contributed by atoms with Gasteiger partial charge in [-0.05, 0) is 31.5 Å². The second kappa shape index (κ2) is 3.36. The minimum absolute atomic E-state index is 0.0872. The van der Waals surface area contributed by atoms with Gasteiger partial charge >= 0.3 is 0 Å². The molecule has 1 aromatic carbocycles. The van der Waals surface area contributed by atoms with Crippen LogP contribution in [0.2, 0.25) is 0 Å². The first kappa shape index (κ1) is 9.40. The van der Waals surface area contributed by atoms with Crippen molar-refractivity contribution in [3.8, 4) is 6.07 Å². The summed E-state index contributed by atoms with van der Waals surface area (Å²) < 4.78 is 13.0. The largest absolute Gasteiger partial charge is 0.295 e. The maximum atomic E-state index is 13.0. The number of halogens is 1. The van der Waals surface area contributed by atoms with Crippen LogP contribution in [0.15, 0.2) is 12.1 Å². The van der Waals surface area contributed by atoms with E-state index in [9.17, 15) is 9.18 Å². The smallest absolute Gasteiger partial charge is 0.160 e. The Balaban J connectivity index is 3.41. The maximum absolute atomic E-state index is 13.0. The maximum Gasteiger partial charge on any atom is 0.160 e. The molecule has 13 heavy (non-hydrogen) atoms. The summed E-state index contributed by atoms with van der Waals surface area (Å²) in [6, 6.07) is 4.18. The van der Waals surface area contributed by atoms with E-state index in [1.165, 1.54) is 19.1 Å². The molecule has 0 amide bonds. The fourth-order valence-electron chi connectivity index (χ4n) is 1.14. The van der Waals surface area contributed by atoms with E-state index >= 15 is 0 Å². The molecule has 3 heteroatoms. The average molecular weight is 177 g/mol. The minimum Gasteiger partial charge on any atom is -0.295 e. The lowest BCUT2D eigenvalue weighted by atomic mass is 10.0. The van der Waals surface area contributed by atoms with Gasteiger partial charge in [-0.15, -0.1) is 0 Å². The van der Waals surface area contributed by atoms with Gasteiger partial charge in [0.25, 0.3) is 0 Å². The highest BCUT2D eigenvalue weighted by Crippen LogP contribution is 2.15. The van der Waals surface area contributed by atoms with Crippen LogP contribution in [0.25, 0.3) is 0 Å².